The number of nitrogens with zero attached hydrogens (tertiary/aromatic N) is 2. The van der Waals surface area contributed by atoms with Crippen LogP contribution in [0.15, 0.2) is 65.0 Å². The molecule has 0 bridgehead atoms. The van der Waals surface area contributed by atoms with Gasteiger partial charge in [-0.3, -0.25) is 14.2 Å². The number of halogens is 2. The van der Waals surface area contributed by atoms with Crippen LogP contribution in [0.1, 0.15) is 0 Å². The second kappa shape index (κ2) is 7.75. The largest absolute Gasteiger partial charge is 0.323 e. The van der Waals surface area contributed by atoms with E-state index in [1.807, 2.05) is 35.7 Å². The summed E-state index contributed by atoms with van der Waals surface area (Å²) in [6.07, 6.45) is 1.39. The van der Waals surface area contributed by atoms with Crippen molar-refractivity contribution in [2.24, 2.45) is 0 Å². The maximum Gasteiger partial charge on any atom is 0.263 e. The first-order valence-electron chi connectivity index (χ1n) is 8.30. The van der Waals surface area contributed by atoms with E-state index in [-0.39, 0.29) is 18.0 Å². The molecule has 2 aromatic heterocycles. The van der Waals surface area contributed by atoms with E-state index < -0.39 is 0 Å². The number of nitrogens with one attached hydrogen (secondary N) is 1. The van der Waals surface area contributed by atoms with Crippen LogP contribution in [0.4, 0.5) is 5.69 Å². The summed E-state index contributed by atoms with van der Waals surface area (Å²) < 4.78 is 1.29. The topological polar surface area (TPSA) is 64.0 Å². The number of aromatic nitrogens is 2. The minimum atomic E-state index is -0.385. The first-order valence-corrected chi connectivity index (χ1v) is 9.93. The van der Waals surface area contributed by atoms with Crippen molar-refractivity contribution in [3.63, 3.8) is 0 Å². The number of fused-ring (bicyclic) bond motifs is 1. The average molecular weight is 430 g/mol. The molecule has 28 heavy (non-hydrogen) atoms. The van der Waals surface area contributed by atoms with E-state index in [1.54, 1.807) is 12.1 Å². The fourth-order valence-electron chi connectivity index (χ4n) is 2.85. The van der Waals surface area contributed by atoms with Crippen LogP contribution in [-0.4, -0.2) is 15.5 Å². The quantitative estimate of drug-likeness (QED) is 0.492. The Morgan fingerprint density at radius 1 is 1.14 bits per heavy atom. The molecule has 0 aliphatic carbocycles. The fourth-order valence-corrected chi connectivity index (χ4v) is 4.21. The summed E-state index contributed by atoms with van der Waals surface area (Å²) in [5, 5.41) is 5.90. The normalized spacial score (nSPS) is 10.9. The molecule has 0 spiro atoms. The summed E-state index contributed by atoms with van der Waals surface area (Å²) in [7, 11) is 0. The Morgan fingerprint density at radius 3 is 2.68 bits per heavy atom. The average Bonchev–Trinajstić information content (AvgIpc) is 3.12. The second-order valence-corrected chi connectivity index (χ2v) is 7.75. The smallest absolute Gasteiger partial charge is 0.263 e. The Morgan fingerprint density at radius 2 is 1.93 bits per heavy atom. The third kappa shape index (κ3) is 3.67. The van der Waals surface area contributed by atoms with E-state index in [1.165, 1.54) is 28.3 Å². The van der Waals surface area contributed by atoms with Crippen molar-refractivity contribution in [2.45, 2.75) is 6.54 Å². The highest BCUT2D eigenvalue weighted by atomic mass is 35.5. The Balaban J connectivity index is 1.65. The number of anilines is 1. The molecular weight excluding hydrogens is 417 g/mol. The van der Waals surface area contributed by atoms with E-state index in [4.69, 9.17) is 23.2 Å². The fraction of sp³-hybridized carbons (Fsp3) is 0.0500. The molecule has 2 aromatic carbocycles. The van der Waals surface area contributed by atoms with E-state index in [0.29, 0.717) is 25.9 Å². The van der Waals surface area contributed by atoms with Gasteiger partial charge in [-0.25, -0.2) is 4.98 Å². The van der Waals surface area contributed by atoms with Crippen molar-refractivity contribution >= 4 is 56.3 Å². The van der Waals surface area contributed by atoms with E-state index in [0.717, 1.165) is 11.1 Å². The molecule has 0 aliphatic rings. The van der Waals surface area contributed by atoms with E-state index >= 15 is 0 Å². The van der Waals surface area contributed by atoms with Crippen LogP contribution in [-0.2, 0) is 11.3 Å². The van der Waals surface area contributed by atoms with Crippen molar-refractivity contribution in [1.82, 2.24) is 9.55 Å². The Bertz CT molecular complexity index is 1240. The number of hydrogen-bond acceptors (Lipinski definition) is 4. The predicted octanol–water partition coefficient (Wildman–Crippen LogP) is 5.07. The van der Waals surface area contributed by atoms with Crippen LogP contribution in [0.3, 0.4) is 0 Å². The van der Waals surface area contributed by atoms with Gasteiger partial charge in [0.1, 0.15) is 11.4 Å². The standard InChI is InChI=1S/C20H13Cl2N3O2S/c21-13-6-7-16(15(22)8-13)24-17(26)9-25-11-23-19-18(20(25)27)14(10-28-19)12-4-2-1-3-5-12/h1-8,10-11H,9H2,(H,24,26). The van der Waals surface area contributed by atoms with Crippen molar-refractivity contribution < 1.29 is 4.79 Å². The Kier molecular flexibility index (Phi) is 5.17. The molecule has 140 valence electrons. The minimum Gasteiger partial charge on any atom is -0.323 e. The monoisotopic (exact) mass is 429 g/mol. The highest BCUT2D eigenvalue weighted by Crippen LogP contribution is 2.30. The van der Waals surface area contributed by atoms with Gasteiger partial charge in [0.05, 0.1) is 22.4 Å². The molecule has 1 N–H and O–H groups in total. The molecule has 0 unspecified atom stereocenters. The Labute approximate surface area is 174 Å². The molecule has 0 radical (unpaired) electrons. The maximum atomic E-state index is 13.0. The summed E-state index contributed by atoms with van der Waals surface area (Å²) in [5.74, 6) is -0.385. The molecular formula is C20H13Cl2N3O2S. The zero-order valence-electron chi connectivity index (χ0n) is 14.4. The molecule has 0 atom stereocenters. The van der Waals surface area contributed by atoms with Crippen LogP contribution in [0.5, 0.6) is 0 Å². The summed E-state index contributed by atoms with van der Waals surface area (Å²) >= 11 is 13.3. The lowest BCUT2D eigenvalue weighted by molar-refractivity contribution is -0.116. The van der Waals surface area contributed by atoms with Gasteiger partial charge in [-0.2, -0.15) is 0 Å². The van der Waals surface area contributed by atoms with Crippen molar-refractivity contribution in [3.8, 4) is 11.1 Å². The number of benzene rings is 2. The third-order valence-electron chi connectivity index (χ3n) is 4.16. The lowest BCUT2D eigenvalue weighted by atomic mass is 10.1. The molecule has 0 saturated carbocycles. The molecule has 4 rings (SSSR count). The lowest BCUT2D eigenvalue weighted by Gasteiger charge is -2.09. The first-order chi connectivity index (χ1) is 13.5. The molecule has 0 fully saturated rings. The summed E-state index contributed by atoms with van der Waals surface area (Å²) in [6, 6.07) is 14.4. The maximum absolute atomic E-state index is 13.0. The highest BCUT2D eigenvalue weighted by Gasteiger charge is 2.15. The second-order valence-electron chi connectivity index (χ2n) is 6.05. The Hall–Kier alpha value is -2.67. The van der Waals surface area contributed by atoms with Gasteiger partial charge in [-0.1, -0.05) is 53.5 Å². The van der Waals surface area contributed by atoms with Gasteiger partial charge >= 0.3 is 0 Å². The summed E-state index contributed by atoms with van der Waals surface area (Å²) in [6.45, 7) is -0.176. The SMILES string of the molecule is O=C(Cn1cnc2scc(-c3ccccc3)c2c1=O)Nc1ccc(Cl)cc1Cl. The zero-order valence-corrected chi connectivity index (χ0v) is 16.7. The molecule has 5 nitrogen and oxygen atoms in total. The number of rotatable bonds is 4. The number of carbonyl (C=O) groups excluding carboxylic acids is 1. The van der Waals surface area contributed by atoms with Crippen molar-refractivity contribution in [2.75, 3.05) is 5.32 Å². The number of amides is 1. The van der Waals surface area contributed by atoms with E-state index in [9.17, 15) is 9.59 Å². The lowest BCUT2D eigenvalue weighted by Crippen LogP contribution is -2.27. The van der Waals surface area contributed by atoms with Gasteiger partial charge in [-0.05, 0) is 23.8 Å². The van der Waals surface area contributed by atoms with Gasteiger partial charge in [-0.15, -0.1) is 11.3 Å². The summed E-state index contributed by atoms with van der Waals surface area (Å²) in [5.41, 5.74) is 1.91. The van der Waals surface area contributed by atoms with Crippen LogP contribution in [0, 0.1) is 0 Å². The molecule has 8 heteroatoms. The van der Waals surface area contributed by atoms with Crippen molar-refractivity contribution in [3.05, 3.63) is 80.6 Å². The van der Waals surface area contributed by atoms with Crippen LogP contribution >= 0.6 is 34.5 Å². The summed E-state index contributed by atoms with van der Waals surface area (Å²) in [4.78, 5) is 30.4. The molecule has 0 saturated heterocycles. The van der Waals surface area contributed by atoms with Crippen LogP contribution in [0.25, 0.3) is 21.3 Å². The third-order valence-corrected chi connectivity index (χ3v) is 5.60. The number of thiophene rings is 1. The predicted molar refractivity (Wildman–Crippen MR) is 114 cm³/mol. The zero-order chi connectivity index (χ0) is 19.7. The molecule has 1 amide bonds. The van der Waals surface area contributed by atoms with Crippen molar-refractivity contribution in [1.29, 1.82) is 0 Å². The van der Waals surface area contributed by atoms with Crippen LogP contribution < -0.4 is 10.9 Å². The van der Waals surface area contributed by atoms with Gasteiger partial charge in [0, 0.05) is 16.0 Å². The molecule has 2 heterocycles. The molecule has 4 aromatic rings. The van der Waals surface area contributed by atoms with Gasteiger partial charge < -0.3 is 5.32 Å². The first kappa shape index (κ1) is 18.7. The van der Waals surface area contributed by atoms with Crippen LogP contribution in [0.2, 0.25) is 10.0 Å². The number of hydrogen-bond donors (Lipinski definition) is 1. The number of carbonyl (C=O) groups is 1. The van der Waals surface area contributed by atoms with Gasteiger partial charge in [0.25, 0.3) is 5.56 Å². The van der Waals surface area contributed by atoms with Gasteiger partial charge in [0.15, 0.2) is 0 Å². The highest BCUT2D eigenvalue weighted by molar-refractivity contribution is 7.17. The molecule has 0 aliphatic heterocycles. The van der Waals surface area contributed by atoms with E-state index in [2.05, 4.69) is 10.3 Å². The van der Waals surface area contributed by atoms with Gasteiger partial charge in [0.2, 0.25) is 5.91 Å². The minimum absolute atomic E-state index is 0.176.